The molecule has 1 aliphatic rings. The minimum atomic E-state index is -4.34. The largest absolute Gasteiger partial charge is 0.480 e. The molecule has 0 saturated carbocycles. The molecule has 0 radical (unpaired) electrons. The van der Waals surface area contributed by atoms with Gasteiger partial charge < -0.3 is 19.7 Å². The van der Waals surface area contributed by atoms with Crippen LogP contribution in [0.15, 0.2) is 9.59 Å². The van der Waals surface area contributed by atoms with E-state index in [1.807, 2.05) is 27.7 Å². The molecule has 0 unspecified atom stereocenters. The van der Waals surface area contributed by atoms with Crippen molar-refractivity contribution in [1.29, 1.82) is 0 Å². The van der Waals surface area contributed by atoms with Crippen LogP contribution >= 0.6 is 7.82 Å². The Kier molecular flexibility index (Phi) is 14.9. The molecule has 1 aliphatic heterocycles. The molecule has 1 aromatic rings. The van der Waals surface area contributed by atoms with E-state index in [0.717, 1.165) is 25.7 Å². The molecule has 12 nitrogen and oxygen atoms in total. The van der Waals surface area contributed by atoms with Gasteiger partial charge in [-0.2, -0.15) is 0 Å². The summed E-state index contributed by atoms with van der Waals surface area (Å²) in [5.41, 5.74) is -0.583. The van der Waals surface area contributed by atoms with Crippen molar-refractivity contribution in [2.24, 2.45) is 11.8 Å². The molecule has 0 spiro atoms. The molecular formula is C27H45N2O10P. The molecule has 0 amide bonds. The molecule has 0 atom stereocenters. The van der Waals surface area contributed by atoms with Gasteiger partial charge in [-0.1, -0.05) is 53.4 Å². The van der Waals surface area contributed by atoms with Crippen LogP contribution in [0.3, 0.4) is 0 Å². The van der Waals surface area contributed by atoms with Crippen LogP contribution in [-0.4, -0.2) is 51.8 Å². The van der Waals surface area contributed by atoms with Crippen molar-refractivity contribution in [2.75, 3.05) is 50.0 Å². The second kappa shape index (κ2) is 17.5. The van der Waals surface area contributed by atoms with Gasteiger partial charge in [-0.3, -0.25) is 23.7 Å². The number of ether oxygens (including phenoxy) is 2. The molecule has 2 rings (SSSR count). The fourth-order valence-corrected chi connectivity index (χ4v) is 5.62. The van der Waals surface area contributed by atoms with E-state index in [-0.39, 0.29) is 36.4 Å². The van der Waals surface area contributed by atoms with Gasteiger partial charge in [-0.25, -0.2) is 13.6 Å². The van der Waals surface area contributed by atoms with E-state index in [1.165, 1.54) is 0 Å². The van der Waals surface area contributed by atoms with E-state index in [9.17, 15) is 23.7 Å². The maximum Gasteiger partial charge on any atom is 0.480 e. The van der Waals surface area contributed by atoms with Crippen LogP contribution in [-0.2, 0) is 37.2 Å². The fraction of sp³-hybridized carbons (Fsp3) is 0.778. The van der Waals surface area contributed by atoms with Crippen molar-refractivity contribution in [3.8, 4) is 0 Å². The van der Waals surface area contributed by atoms with Gasteiger partial charge >= 0.3 is 19.8 Å². The number of hydrogen-bond acceptors (Lipinski definition) is 12. The SMILES string of the molecule is CCCC(CCC)C(=O)OCOP(=O)(OCCN1CCCNc2c1c(=O)c2=O)OCOC(=O)C(CCC)CCC. The molecule has 0 aromatic heterocycles. The lowest BCUT2D eigenvalue weighted by atomic mass is 9.99. The Bertz CT molecular complexity index is 1000. The number of carbonyl (C=O) groups excluding carboxylic acids is 2. The third-order valence-electron chi connectivity index (χ3n) is 6.76. The van der Waals surface area contributed by atoms with Crippen LogP contribution in [0.2, 0.25) is 0 Å². The maximum atomic E-state index is 13.4. The quantitative estimate of drug-likeness (QED) is 0.0990. The zero-order chi connectivity index (χ0) is 29.5. The Morgan fingerprint density at radius 2 is 1.32 bits per heavy atom. The number of hydrogen-bond donors (Lipinski definition) is 1. The first-order chi connectivity index (χ1) is 19.2. The molecule has 0 saturated heterocycles. The first-order valence-electron chi connectivity index (χ1n) is 14.4. The van der Waals surface area contributed by atoms with Crippen molar-refractivity contribution in [3.63, 3.8) is 0 Å². The van der Waals surface area contributed by atoms with Crippen LogP contribution in [0.5, 0.6) is 0 Å². The monoisotopic (exact) mass is 588 g/mol. The van der Waals surface area contributed by atoms with Crippen molar-refractivity contribution in [1.82, 2.24) is 0 Å². The summed E-state index contributed by atoms with van der Waals surface area (Å²) < 4.78 is 39.8. The molecule has 13 heteroatoms. The fourth-order valence-electron chi connectivity index (χ4n) is 4.73. The zero-order valence-corrected chi connectivity index (χ0v) is 25.1. The van der Waals surface area contributed by atoms with Gasteiger partial charge in [0, 0.05) is 19.6 Å². The summed E-state index contributed by atoms with van der Waals surface area (Å²) >= 11 is 0. The van der Waals surface area contributed by atoms with E-state index in [1.54, 1.807) is 4.90 Å². The van der Waals surface area contributed by atoms with E-state index in [2.05, 4.69) is 5.32 Å². The normalized spacial score (nSPS) is 13.8. The first kappa shape index (κ1) is 33.9. The summed E-state index contributed by atoms with van der Waals surface area (Å²) in [7, 11) is -4.34. The van der Waals surface area contributed by atoms with Crippen LogP contribution in [0.25, 0.3) is 0 Å². The van der Waals surface area contributed by atoms with E-state index in [0.29, 0.717) is 45.2 Å². The molecule has 0 aliphatic carbocycles. The van der Waals surface area contributed by atoms with Gasteiger partial charge in [-0.15, -0.1) is 0 Å². The van der Waals surface area contributed by atoms with Crippen molar-refractivity contribution >= 4 is 31.1 Å². The van der Waals surface area contributed by atoms with Crippen molar-refractivity contribution in [3.05, 3.63) is 20.4 Å². The predicted molar refractivity (Wildman–Crippen MR) is 151 cm³/mol. The van der Waals surface area contributed by atoms with Crippen LogP contribution < -0.4 is 21.1 Å². The predicted octanol–water partition coefficient (Wildman–Crippen LogP) is 4.50. The Hall–Kier alpha value is -2.27. The number of rotatable bonds is 20. The Morgan fingerprint density at radius 1 is 0.825 bits per heavy atom. The number of anilines is 2. The summed E-state index contributed by atoms with van der Waals surface area (Å²) in [6.07, 6.45) is 6.57. The van der Waals surface area contributed by atoms with Crippen molar-refractivity contribution < 1.29 is 37.2 Å². The molecule has 228 valence electrons. The minimum Gasteiger partial charge on any atom is -0.438 e. The standard InChI is InChI=1S/C27H45N2O10P/c1-5-10-20(11-6-2)26(32)35-18-38-40(34,39-19-36-27(33)21(12-7-3)13-8-4)37-17-16-29-15-9-14-28-22-23(29)25(31)24(22)30/h20-21,28H,5-19H2,1-4H3. The highest BCUT2D eigenvalue weighted by Crippen LogP contribution is 2.49. The summed E-state index contributed by atoms with van der Waals surface area (Å²) in [5.74, 6) is -1.52. The van der Waals surface area contributed by atoms with Gasteiger partial charge in [-0.05, 0) is 32.1 Å². The van der Waals surface area contributed by atoms with E-state index < -0.39 is 44.2 Å². The number of phosphoric ester groups is 1. The molecular weight excluding hydrogens is 543 g/mol. The molecule has 1 heterocycles. The Balaban J connectivity index is 2.01. The Labute approximate surface area is 236 Å². The maximum absolute atomic E-state index is 13.4. The second-order valence-corrected chi connectivity index (χ2v) is 11.6. The highest BCUT2D eigenvalue weighted by molar-refractivity contribution is 7.48. The lowest BCUT2D eigenvalue weighted by Crippen LogP contribution is -2.42. The Morgan fingerprint density at radius 3 is 1.80 bits per heavy atom. The lowest BCUT2D eigenvalue weighted by molar-refractivity contribution is -0.159. The number of esters is 2. The van der Waals surface area contributed by atoms with Crippen LogP contribution in [0.1, 0.15) is 85.5 Å². The summed E-state index contributed by atoms with van der Waals surface area (Å²) in [6.45, 7) is 7.52. The van der Waals surface area contributed by atoms with Gasteiger partial charge in [0.1, 0.15) is 11.4 Å². The van der Waals surface area contributed by atoms with E-state index >= 15 is 0 Å². The van der Waals surface area contributed by atoms with Gasteiger partial charge in [0.05, 0.1) is 18.4 Å². The molecule has 1 N–H and O–H groups in total. The number of phosphoric acid groups is 1. The highest BCUT2D eigenvalue weighted by Gasteiger charge is 2.32. The van der Waals surface area contributed by atoms with Gasteiger partial charge in [0.15, 0.2) is 0 Å². The summed E-state index contributed by atoms with van der Waals surface area (Å²) in [4.78, 5) is 50.6. The average molecular weight is 589 g/mol. The second-order valence-electron chi connectivity index (χ2n) is 9.90. The molecule has 0 fully saturated rings. The number of nitrogens with one attached hydrogen (secondary N) is 1. The van der Waals surface area contributed by atoms with Gasteiger partial charge in [0.25, 0.3) is 10.9 Å². The zero-order valence-electron chi connectivity index (χ0n) is 24.2. The van der Waals surface area contributed by atoms with E-state index in [4.69, 9.17) is 23.0 Å². The van der Waals surface area contributed by atoms with Crippen LogP contribution in [0, 0.1) is 11.8 Å². The molecule has 1 aromatic carbocycles. The smallest absolute Gasteiger partial charge is 0.438 e. The number of carbonyl (C=O) groups is 2. The van der Waals surface area contributed by atoms with Crippen molar-refractivity contribution in [2.45, 2.75) is 85.5 Å². The lowest BCUT2D eigenvalue weighted by Gasteiger charge is -2.25. The van der Waals surface area contributed by atoms with Gasteiger partial charge in [0.2, 0.25) is 13.6 Å². The number of fused-ring (bicyclic) bond motifs is 1. The number of nitrogens with zero attached hydrogens (tertiary/aromatic N) is 1. The third-order valence-corrected chi connectivity index (χ3v) is 8.10. The minimum absolute atomic E-state index is 0.125. The average Bonchev–Trinajstić information content (AvgIpc) is 3.12. The summed E-state index contributed by atoms with van der Waals surface area (Å²) in [5, 5.41) is 2.95. The summed E-state index contributed by atoms with van der Waals surface area (Å²) in [6, 6.07) is 0. The third kappa shape index (κ3) is 9.98. The highest BCUT2D eigenvalue weighted by atomic mass is 31.2. The molecule has 0 bridgehead atoms. The first-order valence-corrected chi connectivity index (χ1v) is 15.9. The van der Waals surface area contributed by atoms with Crippen LogP contribution in [0.4, 0.5) is 11.4 Å². The topological polar surface area (TPSA) is 147 Å². The molecule has 40 heavy (non-hydrogen) atoms.